The van der Waals surface area contributed by atoms with Crippen LogP contribution >= 0.6 is 0 Å². The van der Waals surface area contributed by atoms with Crippen molar-refractivity contribution in [2.75, 3.05) is 13.1 Å². The van der Waals surface area contributed by atoms with Crippen LogP contribution in [0.5, 0.6) is 5.75 Å². The normalized spacial score (nSPS) is 12.6. The van der Waals surface area contributed by atoms with E-state index in [0.717, 1.165) is 0 Å². The molecule has 38 heavy (non-hydrogen) atoms. The second-order valence-electron chi connectivity index (χ2n) is 13.5. The molecule has 10 nitrogen and oxygen atoms in total. The first-order chi connectivity index (χ1) is 17.1. The summed E-state index contributed by atoms with van der Waals surface area (Å²) in [6.07, 6.45) is -0.700. The summed E-state index contributed by atoms with van der Waals surface area (Å²) >= 11 is 0. The van der Waals surface area contributed by atoms with Crippen molar-refractivity contribution in [3.05, 3.63) is 34.4 Å². The number of ether oxygens (including phenoxy) is 2. The number of hydrogen-bond donors (Lipinski definition) is 2. The zero-order valence-electron chi connectivity index (χ0n) is 24.5. The topological polar surface area (TPSA) is 137 Å². The molecule has 0 aromatic heterocycles. The van der Waals surface area contributed by atoms with E-state index in [1.807, 2.05) is 27.7 Å². The van der Waals surface area contributed by atoms with Gasteiger partial charge in [0.1, 0.15) is 11.9 Å². The second kappa shape index (κ2) is 12.6. The minimum atomic E-state index is -1.06. The Bertz CT molecular complexity index is 943. The Hall–Kier alpha value is -3.17. The molecule has 0 saturated heterocycles. The molecule has 0 saturated carbocycles. The number of amides is 2. The van der Waals surface area contributed by atoms with Gasteiger partial charge in [0.25, 0.3) is 5.69 Å². The zero-order valence-corrected chi connectivity index (χ0v) is 24.5. The minimum Gasteiger partial charge on any atom is -0.427 e. The summed E-state index contributed by atoms with van der Waals surface area (Å²) in [6.45, 7) is 19.6. The molecule has 0 radical (unpaired) electrons. The lowest BCUT2D eigenvalue weighted by Crippen LogP contribution is -2.48. The lowest BCUT2D eigenvalue weighted by molar-refractivity contribution is -0.384. The van der Waals surface area contributed by atoms with Crippen LogP contribution in [0.1, 0.15) is 82.1 Å². The number of non-ortho nitro benzene ring substituents is 1. The lowest BCUT2D eigenvalue weighted by atomic mass is 9.75. The number of rotatable bonds is 11. The van der Waals surface area contributed by atoms with Crippen molar-refractivity contribution in [2.24, 2.45) is 21.7 Å². The second-order valence-corrected chi connectivity index (χ2v) is 13.5. The molecular weight excluding hydrogens is 490 g/mol. The molecule has 0 aliphatic rings. The van der Waals surface area contributed by atoms with Crippen molar-refractivity contribution in [1.29, 1.82) is 0 Å². The highest BCUT2D eigenvalue weighted by molar-refractivity contribution is 5.82. The summed E-state index contributed by atoms with van der Waals surface area (Å²) in [4.78, 5) is 48.6. The van der Waals surface area contributed by atoms with Crippen molar-refractivity contribution in [3.63, 3.8) is 0 Å². The third kappa shape index (κ3) is 11.9. The van der Waals surface area contributed by atoms with E-state index < -0.39 is 28.0 Å². The Kier molecular flexibility index (Phi) is 10.9. The third-order valence-corrected chi connectivity index (χ3v) is 5.67. The molecule has 0 aliphatic heterocycles. The first kappa shape index (κ1) is 32.9. The SMILES string of the molecule is CC(C)(C)CC(C)(C)C(=O)NCC(CNC(=O)C(C)(C)CC(C)(C)C)OC(=O)Oc1ccc([N+](=O)[O-])cc1. The van der Waals surface area contributed by atoms with E-state index >= 15 is 0 Å². The van der Waals surface area contributed by atoms with E-state index in [1.54, 1.807) is 0 Å². The van der Waals surface area contributed by atoms with Gasteiger partial charge in [-0.1, -0.05) is 69.2 Å². The van der Waals surface area contributed by atoms with Crippen molar-refractivity contribution in [2.45, 2.75) is 88.2 Å². The van der Waals surface area contributed by atoms with Gasteiger partial charge in [-0.25, -0.2) is 4.79 Å². The number of carbonyl (C=O) groups excluding carboxylic acids is 3. The average molecular weight is 536 g/mol. The van der Waals surface area contributed by atoms with Crippen LogP contribution in [-0.2, 0) is 14.3 Å². The number of nitrogens with one attached hydrogen (secondary N) is 2. The Labute approximate surface area is 226 Å². The molecule has 0 spiro atoms. The Morgan fingerprint density at radius 1 is 0.789 bits per heavy atom. The molecule has 0 aliphatic carbocycles. The molecule has 1 aromatic carbocycles. The number of carbonyl (C=O) groups is 3. The third-order valence-electron chi connectivity index (χ3n) is 5.67. The number of nitrogens with zero attached hydrogens (tertiary/aromatic N) is 1. The van der Waals surface area contributed by atoms with E-state index in [2.05, 4.69) is 52.2 Å². The largest absolute Gasteiger partial charge is 0.514 e. The fourth-order valence-electron chi connectivity index (χ4n) is 4.75. The van der Waals surface area contributed by atoms with Gasteiger partial charge in [0.05, 0.1) is 18.0 Å². The molecule has 2 amide bonds. The lowest BCUT2D eigenvalue weighted by Gasteiger charge is -2.32. The number of nitro benzene ring substituents is 1. The van der Waals surface area contributed by atoms with Crippen LogP contribution in [0.25, 0.3) is 0 Å². The first-order valence-corrected chi connectivity index (χ1v) is 12.8. The standard InChI is InChI=1S/C28H45N3O7/c1-25(2,3)17-27(7,8)22(32)29-15-21(16-30-23(33)28(9,10)18-26(4,5)6)38-24(34)37-20-13-11-19(12-14-20)31(35)36/h11-14,21H,15-18H2,1-10H3,(H,29,32)(H,30,33). The average Bonchev–Trinajstić information content (AvgIpc) is 2.71. The summed E-state index contributed by atoms with van der Waals surface area (Å²) in [5.41, 5.74) is -1.62. The van der Waals surface area contributed by atoms with Gasteiger partial charge >= 0.3 is 6.16 Å². The van der Waals surface area contributed by atoms with Crippen LogP contribution < -0.4 is 15.4 Å². The number of hydrogen-bond acceptors (Lipinski definition) is 7. The minimum absolute atomic E-state index is 0.0399. The molecule has 0 heterocycles. The van der Waals surface area contributed by atoms with Gasteiger partial charge in [0.15, 0.2) is 0 Å². The first-order valence-electron chi connectivity index (χ1n) is 12.8. The van der Waals surface area contributed by atoms with Gasteiger partial charge in [-0.3, -0.25) is 19.7 Å². The van der Waals surface area contributed by atoms with Crippen LogP contribution in [-0.4, -0.2) is 42.1 Å². The Morgan fingerprint density at radius 3 is 1.53 bits per heavy atom. The molecule has 0 unspecified atom stereocenters. The molecule has 214 valence electrons. The van der Waals surface area contributed by atoms with Crippen LogP contribution in [0.3, 0.4) is 0 Å². The predicted molar refractivity (Wildman–Crippen MR) is 146 cm³/mol. The van der Waals surface area contributed by atoms with Gasteiger partial charge in [0.2, 0.25) is 11.8 Å². The van der Waals surface area contributed by atoms with E-state index in [9.17, 15) is 24.5 Å². The summed E-state index contributed by atoms with van der Waals surface area (Å²) < 4.78 is 10.6. The number of benzene rings is 1. The molecule has 1 rings (SSSR count). The highest BCUT2D eigenvalue weighted by Gasteiger charge is 2.35. The van der Waals surface area contributed by atoms with Crippen molar-refractivity contribution < 1.29 is 28.8 Å². The van der Waals surface area contributed by atoms with Crippen LogP contribution in [0.2, 0.25) is 0 Å². The van der Waals surface area contributed by atoms with Crippen LogP contribution in [0, 0.1) is 31.8 Å². The maximum absolute atomic E-state index is 12.9. The molecule has 10 heteroatoms. The van der Waals surface area contributed by atoms with E-state index in [4.69, 9.17) is 9.47 Å². The Balaban J connectivity index is 2.94. The highest BCUT2D eigenvalue weighted by Crippen LogP contribution is 2.34. The summed E-state index contributed by atoms with van der Waals surface area (Å²) in [6, 6.07) is 4.97. The summed E-state index contributed by atoms with van der Waals surface area (Å²) in [5.74, 6) is -0.349. The van der Waals surface area contributed by atoms with Crippen molar-refractivity contribution in [3.8, 4) is 5.75 Å². The fraction of sp³-hybridized carbons (Fsp3) is 0.679. The number of nitro groups is 1. The maximum atomic E-state index is 12.9. The van der Waals surface area contributed by atoms with Crippen molar-refractivity contribution in [1.82, 2.24) is 10.6 Å². The molecule has 0 bridgehead atoms. The van der Waals surface area contributed by atoms with Gasteiger partial charge in [-0.2, -0.15) is 0 Å². The monoisotopic (exact) mass is 535 g/mol. The molecular formula is C28H45N3O7. The van der Waals surface area contributed by atoms with Crippen molar-refractivity contribution >= 4 is 23.7 Å². The zero-order chi connectivity index (χ0) is 29.5. The van der Waals surface area contributed by atoms with E-state index in [-0.39, 0.29) is 47.2 Å². The summed E-state index contributed by atoms with van der Waals surface area (Å²) in [7, 11) is 0. The van der Waals surface area contributed by atoms with Gasteiger partial charge in [-0.15, -0.1) is 0 Å². The van der Waals surface area contributed by atoms with Crippen LogP contribution in [0.4, 0.5) is 10.5 Å². The highest BCUT2D eigenvalue weighted by atomic mass is 16.7. The predicted octanol–water partition coefficient (Wildman–Crippen LogP) is 5.64. The smallest absolute Gasteiger partial charge is 0.427 e. The van der Waals surface area contributed by atoms with E-state index in [0.29, 0.717) is 12.8 Å². The fourth-order valence-corrected chi connectivity index (χ4v) is 4.75. The van der Waals surface area contributed by atoms with Crippen LogP contribution in [0.15, 0.2) is 24.3 Å². The molecule has 0 atom stereocenters. The molecule has 2 N–H and O–H groups in total. The Morgan fingerprint density at radius 2 is 1.18 bits per heavy atom. The summed E-state index contributed by atoms with van der Waals surface area (Å²) in [5, 5.41) is 16.5. The maximum Gasteiger partial charge on any atom is 0.514 e. The molecule has 0 fully saturated rings. The van der Waals surface area contributed by atoms with Gasteiger partial charge in [-0.05, 0) is 35.8 Å². The van der Waals surface area contributed by atoms with Gasteiger partial charge < -0.3 is 20.1 Å². The quantitative estimate of drug-likeness (QED) is 0.162. The molecule has 1 aromatic rings. The van der Waals surface area contributed by atoms with E-state index in [1.165, 1.54) is 24.3 Å². The van der Waals surface area contributed by atoms with Gasteiger partial charge in [0, 0.05) is 23.0 Å².